The van der Waals surface area contributed by atoms with Crippen molar-refractivity contribution in [3.63, 3.8) is 0 Å². The van der Waals surface area contributed by atoms with Gasteiger partial charge in [-0.1, -0.05) is 13.8 Å². The van der Waals surface area contributed by atoms with Gasteiger partial charge >= 0.3 is 0 Å². The van der Waals surface area contributed by atoms with Crippen molar-refractivity contribution in [2.75, 3.05) is 6.61 Å². The molecule has 1 aromatic heterocycles. The summed E-state index contributed by atoms with van der Waals surface area (Å²) in [6.45, 7) is 8.09. The van der Waals surface area contributed by atoms with Crippen molar-refractivity contribution >= 4 is 0 Å². The molecule has 0 aliphatic rings. The molecule has 0 saturated heterocycles. The van der Waals surface area contributed by atoms with Crippen molar-refractivity contribution in [3.8, 4) is 0 Å². The zero-order valence-electron chi connectivity index (χ0n) is 9.04. The van der Waals surface area contributed by atoms with E-state index in [1.165, 1.54) is 6.39 Å². The Labute approximate surface area is 84.7 Å². The number of rotatable bonds is 6. The Balaban J connectivity index is 2.45. The molecule has 0 amide bonds. The molecule has 1 N–H and O–H groups in total. The smallest absolute Gasteiger partial charge is 0.181 e. The van der Waals surface area contributed by atoms with Crippen LogP contribution in [0.3, 0.4) is 0 Å². The molecule has 4 nitrogen and oxygen atoms in total. The zero-order chi connectivity index (χ0) is 10.4. The van der Waals surface area contributed by atoms with Crippen LogP contribution >= 0.6 is 0 Å². The van der Waals surface area contributed by atoms with E-state index in [9.17, 15) is 0 Å². The number of nitrogens with one attached hydrogen (secondary N) is 1. The molecule has 0 bridgehead atoms. The average molecular weight is 198 g/mol. The van der Waals surface area contributed by atoms with Crippen molar-refractivity contribution < 1.29 is 9.15 Å². The average Bonchev–Trinajstić information content (AvgIpc) is 2.58. The molecule has 0 aromatic carbocycles. The van der Waals surface area contributed by atoms with Crippen LogP contribution in [-0.4, -0.2) is 17.6 Å². The van der Waals surface area contributed by atoms with E-state index in [4.69, 9.17) is 9.15 Å². The first-order valence-corrected chi connectivity index (χ1v) is 4.96. The predicted molar refractivity (Wildman–Crippen MR) is 53.8 cm³/mol. The fourth-order valence-electron chi connectivity index (χ4n) is 1.05. The minimum Gasteiger partial charge on any atom is -0.446 e. The fourth-order valence-corrected chi connectivity index (χ4v) is 1.05. The largest absolute Gasteiger partial charge is 0.446 e. The Morgan fingerprint density at radius 3 is 3.00 bits per heavy atom. The summed E-state index contributed by atoms with van der Waals surface area (Å²) in [4.78, 5) is 4.13. The molecule has 0 aliphatic heterocycles. The molecule has 0 aliphatic carbocycles. The van der Waals surface area contributed by atoms with E-state index in [0.717, 1.165) is 18.0 Å². The normalized spacial score (nSPS) is 11.1. The summed E-state index contributed by atoms with van der Waals surface area (Å²) in [5, 5.41) is 3.29. The molecule has 14 heavy (non-hydrogen) atoms. The van der Waals surface area contributed by atoms with Crippen molar-refractivity contribution in [3.05, 3.63) is 17.8 Å². The molecule has 0 unspecified atom stereocenters. The van der Waals surface area contributed by atoms with Crippen LogP contribution in [0.5, 0.6) is 0 Å². The molecule has 0 radical (unpaired) electrons. The summed E-state index contributed by atoms with van der Waals surface area (Å²) < 4.78 is 10.5. The lowest BCUT2D eigenvalue weighted by Crippen LogP contribution is -2.22. The molecule has 0 saturated carbocycles. The Morgan fingerprint density at radius 2 is 2.36 bits per heavy atom. The molecule has 0 fully saturated rings. The third-order valence-corrected chi connectivity index (χ3v) is 1.84. The van der Waals surface area contributed by atoms with E-state index in [1.54, 1.807) is 0 Å². The van der Waals surface area contributed by atoms with Crippen LogP contribution in [-0.2, 0) is 17.9 Å². The maximum atomic E-state index is 5.26. The van der Waals surface area contributed by atoms with Crippen LogP contribution in [0.25, 0.3) is 0 Å². The van der Waals surface area contributed by atoms with Crippen molar-refractivity contribution in [2.24, 2.45) is 0 Å². The monoisotopic (exact) mass is 198 g/mol. The maximum Gasteiger partial charge on any atom is 0.181 e. The van der Waals surface area contributed by atoms with Crippen LogP contribution in [0.2, 0.25) is 0 Å². The lowest BCUT2D eigenvalue weighted by Gasteiger charge is -2.06. The lowest BCUT2D eigenvalue weighted by molar-refractivity contribution is 0.117. The van der Waals surface area contributed by atoms with Crippen molar-refractivity contribution in [1.82, 2.24) is 10.3 Å². The second kappa shape index (κ2) is 5.78. The van der Waals surface area contributed by atoms with Gasteiger partial charge in [-0.3, -0.25) is 0 Å². The maximum absolute atomic E-state index is 5.26. The van der Waals surface area contributed by atoms with Gasteiger partial charge < -0.3 is 14.5 Å². The second-order valence-corrected chi connectivity index (χ2v) is 3.39. The van der Waals surface area contributed by atoms with Crippen LogP contribution < -0.4 is 5.32 Å². The van der Waals surface area contributed by atoms with E-state index in [0.29, 0.717) is 19.3 Å². The molecule has 80 valence electrons. The molecule has 1 heterocycles. The molecule has 4 heteroatoms. The van der Waals surface area contributed by atoms with Gasteiger partial charge in [0.25, 0.3) is 0 Å². The van der Waals surface area contributed by atoms with Crippen LogP contribution in [0.15, 0.2) is 10.8 Å². The van der Waals surface area contributed by atoms with Crippen molar-refractivity contribution in [1.29, 1.82) is 0 Å². The summed E-state index contributed by atoms with van der Waals surface area (Å²) in [5.74, 6) is 0.819. The number of hydrogen-bond donors (Lipinski definition) is 1. The highest BCUT2D eigenvalue weighted by molar-refractivity contribution is 5.05. The highest BCUT2D eigenvalue weighted by atomic mass is 16.5. The second-order valence-electron chi connectivity index (χ2n) is 3.39. The number of ether oxygens (including phenoxy) is 1. The number of oxazole rings is 1. The Bertz CT molecular complexity index is 258. The molecular weight excluding hydrogens is 180 g/mol. The minimum absolute atomic E-state index is 0.451. The van der Waals surface area contributed by atoms with Gasteiger partial charge in [0.1, 0.15) is 6.61 Å². The van der Waals surface area contributed by atoms with E-state index < -0.39 is 0 Å². The zero-order valence-corrected chi connectivity index (χ0v) is 9.04. The third kappa shape index (κ3) is 3.47. The van der Waals surface area contributed by atoms with Gasteiger partial charge in [0.15, 0.2) is 12.2 Å². The van der Waals surface area contributed by atoms with E-state index >= 15 is 0 Å². The van der Waals surface area contributed by atoms with Crippen LogP contribution in [0.1, 0.15) is 32.2 Å². The molecular formula is C10H18N2O2. The van der Waals surface area contributed by atoms with Gasteiger partial charge in [-0.15, -0.1) is 0 Å². The number of hydrogen-bond acceptors (Lipinski definition) is 4. The van der Waals surface area contributed by atoms with Gasteiger partial charge in [-0.25, -0.2) is 4.98 Å². The van der Waals surface area contributed by atoms with Gasteiger partial charge in [0, 0.05) is 19.2 Å². The summed E-state index contributed by atoms with van der Waals surface area (Å²) in [7, 11) is 0. The summed E-state index contributed by atoms with van der Waals surface area (Å²) in [6.07, 6.45) is 1.46. The molecule has 1 aromatic rings. The Kier molecular flexibility index (Phi) is 4.62. The highest BCUT2D eigenvalue weighted by Crippen LogP contribution is 2.08. The Hall–Kier alpha value is -0.870. The van der Waals surface area contributed by atoms with Gasteiger partial charge in [0.2, 0.25) is 0 Å². The fraction of sp³-hybridized carbons (Fsp3) is 0.700. The topological polar surface area (TPSA) is 47.3 Å². The van der Waals surface area contributed by atoms with Gasteiger partial charge in [-0.2, -0.15) is 0 Å². The van der Waals surface area contributed by atoms with Crippen LogP contribution in [0, 0.1) is 0 Å². The van der Waals surface area contributed by atoms with Crippen molar-refractivity contribution in [2.45, 2.75) is 40.0 Å². The van der Waals surface area contributed by atoms with Crippen LogP contribution in [0.4, 0.5) is 0 Å². The number of nitrogens with zero attached hydrogens (tertiary/aromatic N) is 1. The van der Waals surface area contributed by atoms with E-state index in [-0.39, 0.29) is 0 Å². The quantitative estimate of drug-likeness (QED) is 0.756. The van der Waals surface area contributed by atoms with Gasteiger partial charge in [0.05, 0.1) is 5.69 Å². The molecule has 0 spiro atoms. The first-order chi connectivity index (χ1) is 6.74. The predicted octanol–water partition coefficient (Wildman–Crippen LogP) is 1.71. The molecule has 1 rings (SSSR count). The standard InChI is InChI=1S/C10H18N2O2/c1-4-13-6-10-9(12-7-14-10)5-11-8(2)3/h7-8,11H,4-6H2,1-3H3. The summed E-state index contributed by atoms with van der Waals surface area (Å²) >= 11 is 0. The minimum atomic E-state index is 0.451. The first kappa shape index (κ1) is 11.2. The summed E-state index contributed by atoms with van der Waals surface area (Å²) in [6, 6.07) is 0.451. The van der Waals surface area contributed by atoms with E-state index in [2.05, 4.69) is 24.1 Å². The molecule has 0 atom stereocenters. The highest BCUT2D eigenvalue weighted by Gasteiger charge is 2.07. The first-order valence-electron chi connectivity index (χ1n) is 4.96. The Morgan fingerprint density at radius 1 is 1.57 bits per heavy atom. The third-order valence-electron chi connectivity index (χ3n) is 1.84. The SMILES string of the molecule is CCOCc1ocnc1CNC(C)C. The summed E-state index contributed by atoms with van der Waals surface area (Å²) in [5.41, 5.74) is 0.937. The number of aromatic nitrogens is 1. The van der Waals surface area contributed by atoms with E-state index in [1.807, 2.05) is 6.92 Å². The van der Waals surface area contributed by atoms with Gasteiger partial charge in [-0.05, 0) is 6.92 Å². The lowest BCUT2D eigenvalue weighted by atomic mass is 10.3.